The molecule has 3 aromatic rings. The Bertz CT molecular complexity index is 1110. The lowest BCUT2D eigenvalue weighted by Crippen LogP contribution is -2.19. The highest BCUT2D eigenvalue weighted by Crippen LogP contribution is 2.31. The van der Waals surface area contributed by atoms with Crippen molar-refractivity contribution in [2.24, 2.45) is 0 Å². The maximum Gasteiger partial charge on any atom is 0.316 e. The fraction of sp³-hybridized carbons (Fsp3) is 0.238. The van der Waals surface area contributed by atoms with Crippen molar-refractivity contribution in [3.05, 3.63) is 75.2 Å². The number of halogens is 2. The lowest BCUT2D eigenvalue weighted by atomic mass is 10.1. The highest BCUT2D eigenvalue weighted by atomic mass is 19.2. The number of nitrogens with zero attached hydrogens (tertiary/aromatic N) is 2. The second-order valence-electron chi connectivity index (χ2n) is 6.53. The van der Waals surface area contributed by atoms with Gasteiger partial charge in [-0.2, -0.15) is 4.98 Å². The summed E-state index contributed by atoms with van der Waals surface area (Å²) in [4.78, 5) is 16.3. The number of aromatic nitrogens is 2. The first kappa shape index (κ1) is 20.3. The molecule has 0 saturated carbocycles. The third-order valence-electron chi connectivity index (χ3n) is 4.57. The first-order chi connectivity index (χ1) is 13.8. The minimum atomic E-state index is -0.947. The Labute approximate surface area is 166 Å². The molecule has 0 aliphatic rings. The third-order valence-corrected chi connectivity index (χ3v) is 4.57. The third kappa shape index (κ3) is 4.21. The fourth-order valence-corrected chi connectivity index (χ4v) is 3.07. The maximum atomic E-state index is 13.6. The second-order valence-corrected chi connectivity index (χ2v) is 6.53. The van der Waals surface area contributed by atoms with Crippen LogP contribution in [0.5, 0.6) is 11.5 Å². The highest BCUT2D eigenvalue weighted by Gasteiger charge is 2.14. The van der Waals surface area contributed by atoms with Crippen LogP contribution < -0.4 is 20.3 Å². The van der Waals surface area contributed by atoms with E-state index in [1.807, 2.05) is 26.0 Å². The van der Waals surface area contributed by atoms with E-state index in [4.69, 9.17) is 9.47 Å². The number of nitrogens with one attached hydrogen (secondary N) is 1. The van der Waals surface area contributed by atoms with Crippen LogP contribution in [-0.2, 0) is 6.54 Å². The van der Waals surface area contributed by atoms with E-state index < -0.39 is 17.2 Å². The zero-order valence-corrected chi connectivity index (χ0v) is 16.5. The molecule has 3 rings (SSSR count). The fourth-order valence-electron chi connectivity index (χ4n) is 3.07. The minimum Gasteiger partial charge on any atom is -0.496 e. The molecule has 0 aliphatic heterocycles. The van der Waals surface area contributed by atoms with Gasteiger partial charge in [-0.05, 0) is 43.2 Å². The number of rotatable bonds is 6. The molecule has 0 bridgehead atoms. The first-order valence-electron chi connectivity index (χ1n) is 8.84. The van der Waals surface area contributed by atoms with E-state index in [9.17, 15) is 13.6 Å². The van der Waals surface area contributed by atoms with Gasteiger partial charge in [0, 0.05) is 11.3 Å². The summed E-state index contributed by atoms with van der Waals surface area (Å²) in [7, 11) is 2.95. The molecule has 0 saturated heterocycles. The van der Waals surface area contributed by atoms with Gasteiger partial charge in [-0.25, -0.2) is 8.78 Å². The molecule has 152 valence electrons. The molecule has 6 nitrogen and oxygen atoms in total. The number of anilines is 2. The van der Waals surface area contributed by atoms with Crippen molar-refractivity contribution in [3.8, 4) is 11.5 Å². The van der Waals surface area contributed by atoms with Crippen molar-refractivity contribution >= 4 is 11.6 Å². The van der Waals surface area contributed by atoms with Gasteiger partial charge in [-0.1, -0.05) is 12.1 Å². The zero-order valence-electron chi connectivity index (χ0n) is 16.5. The average molecular weight is 401 g/mol. The van der Waals surface area contributed by atoms with Crippen LogP contribution in [0.3, 0.4) is 0 Å². The maximum absolute atomic E-state index is 13.6. The van der Waals surface area contributed by atoms with Gasteiger partial charge in [-0.3, -0.25) is 4.79 Å². The van der Waals surface area contributed by atoms with Gasteiger partial charge in [0.05, 0.1) is 27.0 Å². The van der Waals surface area contributed by atoms with E-state index in [2.05, 4.69) is 10.3 Å². The van der Waals surface area contributed by atoms with Gasteiger partial charge in [0.25, 0.3) is 0 Å². The minimum absolute atomic E-state index is 0.0383. The Morgan fingerprint density at radius 2 is 1.83 bits per heavy atom. The van der Waals surface area contributed by atoms with Gasteiger partial charge < -0.3 is 19.4 Å². The van der Waals surface area contributed by atoms with E-state index in [-0.39, 0.29) is 18.2 Å². The molecule has 0 unspecified atom stereocenters. The number of benzene rings is 2. The molecule has 0 fully saturated rings. The summed E-state index contributed by atoms with van der Waals surface area (Å²) in [6.07, 6.45) is 1.47. The smallest absolute Gasteiger partial charge is 0.316 e. The van der Waals surface area contributed by atoms with E-state index in [0.717, 1.165) is 29.0 Å². The molecule has 0 atom stereocenters. The van der Waals surface area contributed by atoms with Crippen LogP contribution in [0, 0.1) is 25.5 Å². The SMILES string of the molecule is COc1c(C)ccc(Nc2nc(=O)c(OC)cn2Cc2ccc(F)c(F)c2)c1C. The van der Waals surface area contributed by atoms with Crippen LogP contribution in [0.4, 0.5) is 20.4 Å². The number of hydrogen-bond acceptors (Lipinski definition) is 5. The summed E-state index contributed by atoms with van der Waals surface area (Å²) in [5.74, 6) is -0.883. The summed E-state index contributed by atoms with van der Waals surface area (Å²) in [5, 5.41) is 3.13. The molecule has 29 heavy (non-hydrogen) atoms. The summed E-state index contributed by atoms with van der Waals surface area (Å²) in [6, 6.07) is 7.36. The Kier molecular flexibility index (Phi) is 5.81. The Balaban J connectivity index is 2.05. The monoisotopic (exact) mass is 401 g/mol. The molecule has 1 N–H and O–H groups in total. The predicted octanol–water partition coefficient (Wildman–Crippen LogP) is 3.95. The summed E-state index contributed by atoms with van der Waals surface area (Å²) < 4.78 is 39.0. The first-order valence-corrected chi connectivity index (χ1v) is 8.84. The quantitative estimate of drug-likeness (QED) is 0.678. The van der Waals surface area contributed by atoms with Crippen LogP contribution in [0.25, 0.3) is 0 Å². The molecule has 0 amide bonds. The summed E-state index contributed by atoms with van der Waals surface area (Å²) >= 11 is 0. The van der Waals surface area contributed by atoms with Crippen LogP contribution >= 0.6 is 0 Å². The molecule has 0 spiro atoms. The van der Waals surface area contributed by atoms with Crippen molar-refractivity contribution in [1.82, 2.24) is 9.55 Å². The standard InChI is InChI=1S/C21H21F2N3O3/c1-12-5-8-17(13(2)19(12)29-4)24-21-25-20(27)18(28-3)11-26(21)10-14-6-7-15(22)16(23)9-14/h5-9,11H,10H2,1-4H3,(H,24,25,27). The normalized spacial score (nSPS) is 10.7. The van der Waals surface area contributed by atoms with Crippen molar-refractivity contribution in [2.45, 2.75) is 20.4 Å². The lowest BCUT2D eigenvalue weighted by molar-refractivity contribution is 0.402. The van der Waals surface area contributed by atoms with Crippen molar-refractivity contribution in [1.29, 1.82) is 0 Å². The van der Waals surface area contributed by atoms with Crippen molar-refractivity contribution < 1.29 is 18.3 Å². The predicted molar refractivity (Wildman–Crippen MR) is 106 cm³/mol. The van der Waals surface area contributed by atoms with Crippen LogP contribution in [-0.4, -0.2) is 23.8 Å². The number of aryl methyl sites for hydroxylation is 1. The Morgan fingerprint density at radius 3 is 2.48 bits per heavy atom. The Hall–Kier alpha value is -3.42. The average Bonchev–Trinajstić information content (AvgIpc) is 2.69. The van der Waals surface area contributed by atoms with E-state index >= 15 is 0 Å². The molecule has 0 aliphatic carbocycles. The van der Waals surface area contributed by atoms with Crippen LogP contribution in [0.2, 0.25) is 0 Å². The van der Waals surface area contributed by atoms with Crippen molar-refractivity contribution in [3.63, 3.8) is 0 Å². The number of ether oxygens (including phenoxy) is 2. The molecule has 0 radical (unpaired) electrons. The Morgan fingerprint density at radius 1 is 1.07 bits per heavy atom. The van der Waals surface area contributed by atoms with Gasteiger partial charge in [0.15, 0.2) is 11.6 Å². The van der Waals surface area contributed by atoms with Gasteiger partial charge in [-0.15, -0.1) is 0 Å². The molecular formula is C21H21F2N3O3. The summed E-state index contributed by atoms with van der Waals surface area (Å²) in [6.45, 7) is 3.96. The number of hydrogen-bond donors (Lipinski definition) is 1. The highest BCUT2D eigenvalue weighted by molar-refractivity contribution is 5.64. The van der Waals surface area contributed by atoms with Gasteiger partial charge in [0.2, 0.25) is 11.7 Å². The zero-order chi connectivity index (χ0) is 21.1. The van der Waals surface area contributed by atoms with Gasteiger partial charge >= 0.3 is 5.56 Å². The second kappa shape index (κ2) is 8.30. The lowest BCUT2D eigenvalue weighted by Gasteiger charge is -2.18. The topological polar surface area (TPSA) is 65.4 Å². The number of methoxy groups -OCH3 is 2. The van der Waals surface area contributed by atoms with Crippen LogP contribution in [0.15, 0.2) is 41.3 Å². The molecule has 1 heterocycles. The van der Waals surface area contributed by atoms with Crippen molar-refractivity contribution in [2.75, 3.05) is 19.5 Å². The summed E-state index contributed by atoms with van der Waals surface area (Å²) in [5.41, 5.74) is 2.46. The van der Waals surface area contributed by atoms with Crippen LogP contribution in [0.1, 0.15) is 16.7 Å². The van der Waals surface area contributed by atoms with E-state index in [1.54, 1.807) is 11.7 Å². The molecular weight excluding hydrogens is 380 g/mol. The molecule has 2 aromatic carbocycles. The largest absolute Gasteiger partial charge is 0.496 e. The van der Waals surface area contributed by atoms with E-state index in [0.29, 0.717) is 11.3 Å². The van der Waals surface area contributed by atoms with Gasteiger partial charge in [0.1, 0.15) is 5.75 Å². The molecule has 1 aromatic heterocycles. The molecule has 8 heteroatoms. The van der Waals surface area contributed by atoms with E-state index in [1.165, 1.54) is 19.4 Å².